The van der Waals surface area contributed by atoms with Crippen LogP contribution in [0.5, 0.6) is 0 Å². The van der Waals surface area contributed by atoms with Crippen molar-refractivity contribution in [3.05, 3.63) is 0 Å². The Balaban J connectivity index is 3.28. The van der Waals surface area contributed by atoms with Gasteiger partial charge < -0.3 is 28.8 Å². The van der Waals surface area contributed by atoms with Gasteiger partial charge in [-0.2, -0.15) is 0 Å². The minimum absolute atomic E-state index is 0.0312. The third-order valence-corrected chi connectivity index (χ3v) is 4.85. The van der Waals surface area contributed by atoms with E-state index in [-0.39, 0.29) is 18.8 Å². The van der Waals surface area contributed by atoms with Crippen LogP contribution in [0.3, 0.4) is 0 Å². The van der Waals surface area contributed by atoms with Gasteiger partial charge in [0.25, 0.3) is 0 Å². The molecule has 0 rings (SSSR count). The van der Waals surface area contributed by atoms with Gasteiger partial charge in [0.1, 0.15) is 0 Å². The SMILES string of the molecule is CCCCCCCCCCCCOCC(C)OCC(C)OCCOCCOCCO. The average Bonchev–Trinajstić information content (AvgIpc) is 2.75. The molecule has 0 radical (unpaired) electrons. The van der Waals surface area contributed by atoms with Crippen molar-refractivity contribution in [1.29, 1.82) is 0 Å². The zero-order valence-electron chi connectivity index (χ0n) is 20.1. The number of unbranched alkanes of at least 4 members (excludes halogenated alkanes) is 9. The summed E-state index contributed by atoms with van der Waals surface area (Å²) in [4.78, 5) is 0. The molecule has 0 saturated carbocycles. The fourth-order valence-corrected chi connectivity index (χ4v) is 3.03. The number of ether oxygens (including phenoxy) is 5. The first kappa shape index (κ1) is 29.8. The molecule has 0 aromatic rings. The molecule has 2 atom stereocenters. The maximum Gasteiger partial charge on any atom is 0.0781 e. The summed E-state index contributed by atoms with van der Waals surface area (Å²) >= 11 is 0. The van der Waals surface area contributed by atoms with Crippen LogP contribution in [0.15, 0.2) is 0 Å². The molecule has 0 aliphatic heterocycles. The van der Waals surface area contributed by atoms with Gasteiger partial charge in [0.15, 0.2) is 0 Å². The summed E-state index contributed by atoms with van der Waals surface area (Å²) in [6.07, 6.45) is 13.6. The first-order valence-electron chi connectivity index (χ1n) is 12.3. The van der Waals surface area contributed by atoms with E-state index in [0.29, 0.717) is 46.2 Å². The molecule has 0 amide bonds. The van der Waals surface area contributed by atoms with Gasteiger partial charge >= 0.3 is 0 Å². The maximum absolute atomic E-state index is 8.59. The maximum atomic E-state index is 8.59. The van der Waals surface area contributed by atoms with Crippen LogP contribution >= 0.6 is 0 Å². The Labute approximate surface area is 185 Å². The molecule has 0 aliphatic carbocycles. The van der Waals surface area contributed by atoms with Gasteiger partial charge in [-0.25, -0.2) is 0 Å². The van der Waals surface area contributed by atoms with E-state index in [4.69, 9.17) is 28.8 Å². The molecule has 182 valence electrons. The van der Waals surface area contributed by atoms with Gasteiger partial charge in [-0.05, 0) is 20.3 Å². The van der Waals surface area contributed by atoms with E-state index in [1.807, 2.05) is 13.8 Å². The van der Waals surface area contributed by atoms with Crippen molar-refractivity contribution < 1.29 is 28.8 Å². The highest BCUT2D eigenvalue weighted by atomic mass is 16.6. The second kappa shape index (κ2) is 25.0. The van der Waals surface area contributed by atoms with Crippen LogP contribution in [0.2, 0.25) is 0 Å². The highest BCUT2D eigenvalue weighted by molar-refractivity contribution is 4.53. The molecule has 0 aliphatic rings. The molecule has 30 heavy (non-hydrogen) atoms. The second-order valence-electron chi connectivity index (χ2n) is 8.03. The normalized spacial score (nSPS) is 13.6. The number of hydrogen-bond donors (Lipinski definition) is 1. The molecule has 0 saturated heterocycles. The Morgan fingerprint density at radius 1 is 0.533 bits per heavy atom. The van der Waals surface area contributed by atoms with E-state index in [9.17, 15) is 0 Å². The molecular formula is C24H50O6. The minimum Gasteiger partial charge on any atom is -0.394 e. The molecule has 1 N–H and O–H groups in total. The van der Waals surface area contributed by atoms with E-state index in [1.54, 1.807) is 0 Å². The van der Waals surface area contributed by atoms with Crippen LogP contribution in [0.1, 0.15) is 85.0 Å². The third-order valence-electron chi connectivity index (χ3n) is 4.85. The van der Waals surface area contributed by atoms with E-state index in [2.05, 4.69) is 6.92 Å². The van der Waals surface area contributed by atoms with Crippen molar-refractivity contribution >= 4 is 0 Å². The summed E-state index contributed by atoms with van der Waals surface area (Å²) < 4.78 is 27.7. The van der Waals surface area contributed by atoms with Crippen LogP contribution < -0.4 is 0 Å². The fraction of sp³-hybridized carbons (Fsp3) is 1.00. The predicted octanol–water partition coefficient (Wildman–Crippen LogP) is 4.76. The molecule has 0 bridgehead atoms. The Bertz CT molecular complexity index is 316. The largest absolute Gasteiger partial charge is 0.394 e. The topological polar surface area (TPSA) is 66.4 Å². The molecule has 6 nitrogen and oxygen atoms in total. The predicted molar refractivity (Wildman–Crippen MR) is 122 cm³/mol. The summed E-state index contributed by atoms with van der Waals surface area (Å²) in [5.41, 5.74) is 0. The first-order chi connectivity index (χ1) is 14.7. The van der Waals surface area contributed by atoms with Crippen molar-refractivity contribution in [1.82, 2.24) is 0 Å². The van der Waals surface area contributed by atoms with Gasteiger partial charge in [0.2, 0.25) is 0 Å². The average molecular weight is 435 g/mol. The van der Waals surface area contributed by atoms with Crippen molar-refractivity contribution in [2.24, 2.45) is 0 Å². The van der Waals surface area contributed by atoms with E-state index in [1.165, 1.54) is 57.8 Å². The molecule has 0 fully saturated rings. The lowest BCUT2D eigenvalue weighted by molar-refractivity contribution is -0.0684. The van der Waals surface area contributed by atoms with E-state index < -0.39 is 0 Å². The highest BCUT2D eigenvalue weighted by Crippen LogP contribution is 2.10. The lowest BCUT2D eigenvalue weighted by atomic mass is 10.1. The monoisotopic (exact) mass is 434 g/mol. The summed E-state index contributed by atoms with van der Waals surface area (Å²) in [6.45, 7) is 10.8. The van der Waals surface area contributed by atoms with Crippen LogP contribution in [0.4, 0.5) is 0 Å². The second-order valence-corrected chi connectivity index (χ2v) is 8.03. The van der Waals surface area contributed by atoms with Crippen LogP contribution in [-0.4, -0.2) is 76.8 Å². The Hall–Kier alpha value is -0.240. The number of rotatable bonds is 25. The van der Waals surface area contributed by atoms with Crippen molar-refractivity contribution in [2.75, 3.05) is 59.5 Å². The number of aliphatic hydroxyl groups excluding tert-OH is 1. The van der Waals surface area contributed by atoms with Gasteiger partial charge in [0.05, 0.1) is 65.1 Å². The number of aliphatic hydroxyl groups is 1. The molecule has 0 spiro atoms. The van der Waals surface area contributed by atoms with Crippen LogP contribution in [0, 0.1) is 0 Å². The zero-order valence-corrected chi connectivity index (χ0v) is 20.1. The minimum atomic E-state index is 0.0312. The molecule has 0 aromatic carbocycles. The van der Waals surface area contributed by atoms with Gasteiger partial charge in [0, 0.05) is 6.61 Å². The zero-order chi connectivity index (χ0) is 22.1. The van der Waals surface area contributed by atoms with Crippen molar-refractivity contribution in [2.45, 2.75) is 97.2 Å². The smallest absolute Gasteiger partial charge is 0.0781 e. The third kappa shape index (κ3) is 24.0. The van der Waals surface area contributed by atoms with Crippen molar-refractivity contribution in [3.63, 3.8) is 0 Å². The Kier molecular flexibility index (Phi) is 24.8. The van der Waals surface area contributed by atoms with E-state index in [0.717, 1.165) is 13.0 Å². The Morgan fingerprint density at radius 3 is 1.70 bits per heavy atom. The van der Waals surface area contributed by atoms with Crippen LogP contribution in [-0.2, 0) is 23.7 Å². The lowest BCUT2D eigenvalue weighted by Gasteiger charge is -2.18. The van der Waals surface area contributed by atoms with Crippen LogP contribution in [0.25, 0.3) is 0 Å². The van der Waals surface area contributed by atoms with Gasteiger partial charge in [-0.1, -0.05) is 64.7 Å². The van der Waals surface area contributed by atoms with E-state index >= 15 is 0 Å². The first-order valence-corrected chi connectivity index (χ1v) is 12.3. The molecule has 0 aromatic heterocycles. The molecule has 6 heteroatoms. The molecular weight excluding hydrogens is 384 g/mol. The summed E-state index contributed by atoms with van der Waals surface area (Å²) in [5, 5.41) is 8.59. The Morgan fingerprint density at radius 2 is 1.07 bits per heavy atom. The van der Waals surface area contributed by atoms with Crippen molar-refractivity contribution in [3.8, 4) is 0 Å². The summed E-state index contributed by atoms with van der Waals surface area (Å²) in [7, 11) is 0. The number of hydrogen-bond acceptors (Lipinski definition) is 6. The standard InChI is InChI=1S/C24H50O6/c1-4-5-6-7-8-9-10-11-12-13-15-28-21-23(2)30-22-24(3)29-20-19-27-18-17-26-16-14-25/h23-25H,4-22H2,1-3H3. The summed E-state index contributed by atoms with van der Waals surface area (Å²) in [5.74, 6) is 0. The molecule has 0 heterocycles. The fourth-order valence-electron chi connectivity index (χ4n) is 3.03. The highest BCUT2D eigenvalue weighted by Gasteiger charge is 2.07. The van der Waals surface area contributed by atoms with Gasteiger partial charge in [-0.3, -0.25) is 0 Å². The lowest BCUT2D eigenvalue weighted by Crippen LogP contribution is -2.24. The van der Waals surface area contributed by atoms with Gasteiger partial charge in [-0.15, -0.1) is 0 Å². The quantitative estimate of drug-likeness (QED) is 0.209. The molecule has 2 unspecified atom stereocenters. The summed E-state index contributed by atoms with van der Waals surface area (Å²) in [6, 6.07) is 0.